The Hall–Kier alpha value is -1.00. The number of aliphatic carboxylic acids is 1. The van der Waals surface area contributed by atoms with Crippen LogP contribution in [0.15, 0.2) is 30.3 Å². The first-order chi connectivity index (χ1) is 9.25. The Morgan fingerprint density at radius 2 is 2.16 bits per heavy atom. The van der Waals surface area contributed by atoms with E-state index < -0.39 is 5.97 Å². The number of thioether (sulfide) groups is 1. The lowest BCUT2D eigenvalue weighted by Gasteiger charge is -2.23. The van der Waals surface area contributed by atoms with Crippen molar-refractivity contribution in [2.24, 2.45) is 0 Å². The van der Waals surface area contributed by atoms with Gasteiger partial charge in [0.2, 0.25) is 0 Å². The van der Waals surface area contributed by atoms with E-state index in [2.05, 4.69) is 0 Å². The fourth-order valence-corrected chi connectivity index (χ4v) is 3.37. The Morgan fingerprint density at radius 1 is 1.37 bits per heavy atom. The molecule has 3 nitrogen and oxygen atoms in total. The smallest absolute Gasteiger partial charge is 0.316 e. The first-order valence-corrected chi connectivity index (χ1v) is 7.80. The average Bonchev–Trinajstić information content (AvgIpc) is 2.45. The summed E-state index contributed by atoms with van der Waals surface area (Å²) in [6, 6.07) is 9.80. The fourth-order valence-electron chi connectivity index (χ4n) is 2.21. The van der Waals surface area contributed by atoms with Gasteiger partial charge in [-0.2, -0.15) is 0 Å². The number of carboxylic acid groups (broad SMARTS) is 1. The number of carbonyl (C=O) groups is 1. The minimum atomic E-state index is -0.732. The van der Waals surface area contributed by atoms with E-state index in [9.17, 15) is 9.90 Å². The minimum Gasteiger partial charge on any atom is -0.480 e. The number of benzene rings is 1. The number of rotatable bonds is 6. The molecule has 19 heavy (non-hydrogen) atoms. The molecule has 0 spiro atoms. The molecule has 2 rings (SSSR count). The molecule has 0 aliphatic carbocycles. The molecule has 2 atom stereocenters. The third kappa shape index (κ3) is 4.88. The van der Waals surface area contributed by atoms with Crippen LogP contribution in [0.2, 0.25) is 0 Å². The molecule has 0 aromatic heterocycles. The maximum atomic E-state index is 11.3. The van der Waals surface area contributed by atoms with Crippen molar-refractivity contribution in [3.63, 3.8) is 0 Å². The van der Waals surface area contributed by atoms with Crippen LogP contribution in [0, 0.1) is 0 Å². The third-order valence-electron chi connectivity index (χ3n) is 3.30. The van der Waals surface area contributed by atoms with Gasteiger partial charge in [0.1, 0.15) is 5.25 Å². The zero-order chi connectivity index (χ0) is 13.5. The van der Waals surface area contributed by atoms with E-state index >= 15 is 0 Å². The van der Waals surface area contributed by atoms with Gasteiger partial charge in [-0.05, 0) is 31.2 Å². The summed E-state index contributed by atoms with van der Waals surface area (Å²) in [5.74, 6) is 0.0498. The molecule has 0 amide bonds. The molecule has 1 heterocycles. The van der Waals surface area contributed by atoms with E-state index in [0.29, 0.717) is 6.42 Å². The topological polar surface area (TPSA) is 46.5 Å². The predicted molar refractivity (Wildman–Crippen MR) is 77.6 cm³/mol. The van der Waals surface area contributed by atoms with E-state index in [0.717, 1.165) is 30.8 Å². The summed E-state index contributed by atoms with van der Waals surface area (Å²) in [5, 5.41) is 8.92. The zero-order valence-electron chi connectivity index (χ0n) is 11.0. The van der Waals surface area contributed by atoms with Crippen molar-refractivity contribution in [3.05, 3.63) is 35.9 Å². The lowest BCUT2D eigenvalue weighted by molar-refractivity contribution is -0.136. The van der Waals surface area contributed by atoms with E-state index in [4.69, 9.17) is 4.74 Å². The summed E-state index contributed by atoms with van der Waals surface area (Å²) in [5.41, 5.74) is 1.08. The number of hydrogen-bond donors (Lipinski definition) is 1. The van der Waals surface area contributed by atoms with Crippen LogP contribution >= 0.6 is 11.8 Å². The van der Waals surface area contributed by atoms with Gasteiger partial charge in [0.25, 0.3) is 0 Å². The van der Waals surface area contributed by atoms with Crippen molar-refractivity contribution < 1.29 is 14.6 Å². The van der Waals surface area contributed by atoms with Gasteiger partial charge in [-0.25, -0.2) is 0 Å². The maximum Gasteiger partial charge on any atom is 0.316 e. The van der Waals surface area contributed by atoms with Gasteiger partial charge in [-0.15, -0.1) is 11.8 Å². The van der Waals surface area contributed by atoms with Crippen molar-refractivity contribution in [2.45, 2.75) is 37.0 Å². The van der Waals surface area contributed by atoms with Crippen LogP contribution < -0.4 is 0 Å². The van der Waals surface area contributed by atoms with Crippen LogP contribution in [0.1, 0.15) is 24.8 Å². The maximum absolute atomic E-state index is 11.3. The second kappa shape index (κ2) is 7.56. The standard InChI is InChI=1S/C15H20O3S/c16-15(17)14(10-12-6-2-1-3-7-12)19-11-13-8-4-5-9-18-13/h1-3,6-7,13-14H,4-5,8-11H2,(H,16,17). The summed E-state index contributed by atoms with van der Waals surface area (Å²) in [7, 11) is 0. The highest BCUT2D eigenvalue weighted by Crippen LogP contribution is 2.22. The molecule has 4 heteroatoms. The Labute approximate surface area is 118 Å². The lowest BCUT2D eigenvalue weighted by atomic mass is 10.1. The van der Waals surface area contributed by atoms with E-state index in [1.54, 1.807) is 0 Å². The van der Waals surface area contributed by atoms with Crippen LogP contribution in [0.3, 0.4) is 0 Å². The molecule has 1 aromatic carbocycles. The second-order valence-electron chi connectivity index (χ2n) is 4.84. The summed E-state index contributed by atoms with van der Waals surface area (Å²) in [4.78, 5) is 11.3. The molecule has 1 fully saturated rings. The van der Waals surface area contributed by atoms with Gasteiger partial charge < -0.3 is 9.84 Å². The van der Waals surface area contributed by atoms with E-state index in [1.807, 2.05) is 30.3 Å². The molecule has 2 unspecified atom stereocenters. The summed E-state index contributed by atoms with van der Waals surface area (Å²) in [6.45, 7) is 0.821. The number of hydrogen-bond acceptors (Lipinski definition) is 3. The lowest BCUT2D eigenvalue weighted by Crippen LogP contribution is -2.26. The zero-order valence-corrected chi connectivity index (χ0v) is 11.8. The minimum absolute atomic E-state index is 0.233. The van der Waals surface area contributed by atoms with Gasteiger partial charge in [0.05, 0.1) is 6.10 Å². The molecular formula is C15H20O3S. The molecule has 0 bridgehead atoms. The summed E-state index contributed by atoms with van der Waals surface area (Å²) < 4.78 is 5.64. The molecule has 1 aliphatic heterocycles. The molecule has 0 radical (unpaired) electrons. The first kappa shape index (κ1) is 14.4. The Balaban J connectivity index is 1.84. The van der Waals surface area contributed by atoms with Crippen molar-refractivity contribution in [1.29, 1.82) is 0 Å². The average molecular weight is 280 g/mol. The predicted octanol–water partition coefficient (Wildman–Crippen LogP) is 2.98. The van der Waals surface area contributed by atoms with Crippen molar-refractivity contribution >= 4 is 17.7 Å². The van der Waals surface area contributed by atoms with Gasteiger partial charge in [0.15, 0.2) is 0 Å². The monoisotopic (exact) mass is 280 g/mol. The van der Waals surface area contributed by atoms with Crippen molar-refractivity contribution in [1.82, 2.24) is 0 Å². The van der Waals surface area contributed by atoms with Crippen molar-refractivity contribution in [3.8, 4) is 0 Å². The van der Waals surface area contributed by atoms with Crippen LogP contribution in [0.5, 0.6) is 0 Å². The highest BCUT2D eigenvalue weighted by molar-refractivity contribution is 8.00. The molecule has 1 aromatic rings. The number of carboxylic acids is 1. The largest absolute Gasteiger partial charge is 0.480 e. The Morgan fingerprint density at radius 3 is 2.79 bits per heavy atom. The SMILES string of the molecule is O=C(O)C(Cc1ccccc1)SCC1CCCCO1. The van der Waals surface area contributed by atoms with E-state index in [1.165, 1.54) is 18.2 Å². The van der Waals surface area contributed by atoms with Crippen LogP contribution in [-0.2, 0) is 16.0 Å². The highest BCUT2D eigenvalue weighted by atomic mass is 32.2. The molecular weight excluding hydrogens is 260 g/mol. The molecule has 1 aliphatic rings. The quantitative estimate of drug-likeness (QED) is 0.870. The van der Waals surface area contributed by atoms with Crippen LogP contribution in [0.25, 0.3) is 0 Å². The van der Waals surface area contributed by atoms with Crippen molar-refractivity contribution in [2.75, 3.05) is 12.4 Å². The van der Waals surface area contributed by atoms with E-state index in [-0.39, 0.29) is 11.4 Å². The normalized spacial score (nSPS) is 20.9. The first-order valence-electron chi connectivity index (χ1n) is 6.75. The molecule has 0 saturated carbocycles. The summed E-state index contributed by atoms with van der Waals surface area (Å²) in [6.07, 6.45) is 4.20. The Bertz CT molecular complexity index is 388. The second-order valence-corrected chi connectivity index (χ2v) is 6.07. The molecule has 1 N–H and O–H groups in total. The summed E-state index contributed by atoms with van der Waals surface area (Å²) >= 11 is 1.51. The van der Waals surface area contributed by atoms with Gasteiger partial charge >= 0.3 is 5.97 Å². The fraction of sp³-hybridized carbons (Fsp3) is 0.533. The highest BCUT2D eigenvalue weighted by Gasteiger charge is 2.22. The van der Waals surface area contributed by atoms with Gasteiger partial charge in [-0.3, -0.25) is 4.79 Å². The number of ether oxygens (including phenoxy) is 1. The Kier molecular flexibility index (Phi) is 5.73. The van der Waals surface area contributed by atoms with Gasteiger partial charge in [-0.1, -0.05) is 30.3 Å². The van der Waals surface area contributed by atoms with Gasteiger partial charge in [0, 0.05) is 12.4 Å². The molecule has 104 valence electrons. The molecule has 1 saturated heterocycles. The van der Waals surface area contributed by atoms with Crippen LogP contribution in [-0.4, -0.2) is 34.8 Å². The van der Waals surface area contributed by atoms with Crippen LogP contribution in [0.4, 0.5) is 0 Å². The third-order valence-corrected chi connectivity index (χ3v) is 4.63.